The molecule has 0 saturated heterocycles. The van der Waals surface area contributed by atoms with E-state index in [0.29, 0.717) is 16.5 Å². The van der Waals surface area contributed by atoms with Crippen LogP contribution in [0.25, 0.3) is 10.9 Å². The van der Waals surface area contributed by atoms with Gasteiger partial charge < -0.3 is 5.32 Å². The van der Waals surface area contributed by atoms with Crippen LogP contribution in [0.2, 0.25) is 0 Å². The van der Waals surface area contributed by atoms with Crippen LogP contribution >= 0.6 is 0 Å². The third-order valence-corrected chi connectivity index (χ3v) is 5.56. The van der Waals surface area contributed by atoms with Gasteiger partial charge in [0, 0.05) is 35.3 Å². The summed E-state index contributed by atoms with van der Waals surface area (Å²) in [5.74, 6) is -0.440. The maximum absolute atomic E-state index is 12.8. The molecule has 29 heavy (non-hydrogen) atoms. The molecule has 152 valence electrons. The Balaban J connectivity index is 1.88. The third kappa shape index (κ3) is 4.65. The predicted octanol–water partition coefficient (Wildman–Crippen LogP) is 3.63. The summed E-state index contributed by atoms with van der Waals surface area (Å²) in [7, 11) is -3.87. The van der Waals surface area contributed by atoms with E-state index in [9.17, 15) is 18.0 Å². The molecule has 0 spiro atoms. The van der Waals surface area contributed by atoms with Crippen LogP contribution in [-0.4, -0.2) is 30.3 Å². The van der Waals surface area contributed by atoms with Gasteiger partial charge in [0.05, 0.1) is 10.4 Å². The minimum atomic E-state index is -3.87. The highest BCUT2D eigenvalue weighted by molar-refractivity contribution is 7.92. The van der Waals surface area contributed by atoms with Crippen molar-refractivity contribution in [3.05, 3.63) is 60.3 Å². The van der Waals surface area contributed by atoms with Crippen molar-refractivity contribution in [1.82, 2.24) is 9.88 Å². The molecule has 1 amide bonds. The zero-order valence-corrected chi connectivity index (χ0v) is 17.5. The van der Waals surface area contributed by atoms with Crippen LogP contribution in [0.5, 0.6) is 0 Å². The molecule has 3 rings (SSSR count). The Labute approximate surface area is 169 Å². The molecule has 2 N–H and O–H groups in total. The van der Waals surface area contributed by atoms with Crippen LogP contribution in [0, 0.1) is 0 Å². The van der Waals surface area contributed by atoms with Crippen molar-refractivity contribution < 1.29 is 18.0 Å². The largest absolute Gasteiger partial charge is 0.347 e. The molecule has 0 aliphatic rings. The van der Waals surface area contributed by atoms with Crippen molar-refractivity contribution in [2.45, 2.75) is 38.1 Å². The van der Waals surface area contributed by atoms with E-state index < -0.39 is 15.6 Å². The number of benzene rings is 2. The zero-order valence-electron chi connectivity index (χ0n) is 16.7. The highest BCUT2D eigenvalue weighted by atomic mass is 32.2. The molecule has 0 aliphatic carbocycles. The average molecular weight is 413 g/mol. The fourth-order valence-electron chi connectivity index (χ4n) is 2.91. The number of fused-ring (bicyclic) bond motifs is 1. The summed E-state index contributed by atoms with van der Waals surface area (Å²) >= 11 is 0. The maximum Gasteiger partial charge on any atom is 0.261 e. The summed E-state index contributed by atoms with van der Waals surface area (Å²) in [6.45, 7) is 7.04. The Morgan fingerprint density at radius 2 is 1.72 bits per heavy atom. The fourth-order valence-corrected chi connectivity index (χ4v) is 4.00. The minimum absolute atomic E-state index is 0.0656. The van der Waals surface area contributed by atoms with E-state index in [0.717, 1.165) is 0 Å². The van der Waals surface area contributed by atoms with E-state index in [2.05, 4.69) is 10.0 Å². The SMILES string of the molecule is CC(=O)n1ccc2cc(S(=O)(=O)Nc3cccc(C(=O)NC(C)(C)C)c3)ccc21. The molecule has 1 aromatic heterocycles. The molecule has 0 atom stereocenters. The van der Waals surface area contributed by atoms with E-state index in [1.54, 1.807) is 36.5 Å². The molecule has 0 unspecified atom stereocenters. The van der Waals surface area contributed by atoms with Crippen molar-refractivity contribution in [2.75, 3.05) is 4.72 Å². The predicted molar refractivity (Wildman–Crippen MR) is 113 cm³/mol. The molecular weight excluding hydrogens is 390 g/mol. The van der Waals surface area contributed by atoms with Gasteiger partial charge in [0.25, 0.3) is 15.9 Å². The van der Waals surface area contributed by atoms with Gasteiger partial charge in [0.15, 0.2) is 0 Å². The van der Waals surface area contributed by atoms with Crippen LogP contribution in [0.3, 0.4) is 0 Å². The Kier molecular flexibility index (Phi) is 5.23. The first-order chi connectivity index (χ1) is 13.5. The highest BCUT2D eigenvalue weighted by Gasteiger charge is 2.18. The first-order valence-corrected chi connectivity index (χ1v) is 10.5. The lowest BCUT2D eigenvalue weighted by molar-refractivity contribution is 0.0916. The molecule has 7 nitrogen and oxygen atoms in total. The van der Waals surface area contributed by atoms with Gasteiger partial charge in [0.2, 0.25) is 5.91 Å². The van der Waals surface area contributed by atoms with Crippen molar-refractivity contribution >= 4 is 38.4 Å². The molecule has 0 fully saturated rings. The monoisotopic (exact) mass is 413 g/mol. The van der Waals surface area contributed by atoms with Gasteiger partial charge in [-0.25, -0.2) is 8.42 Å². The number of carbonyl (C=O) groups excluding carboxylic acids is 2. The lowest BCUT2D eigenvalue weighted by atomic mass is 10.1. The summed E-state index contributed by atoms with van der Waals surface area (Å²) in [5, 5.41) is 3.48. The van der Waals surface area contributed by atoms with Gasteiger partial charge in [0.1, 0.15) is 0 Å². The molecule has 0 aliphatic heterocycles. The summed E-state index contributed by atoms with van der Waals surface area (Å²) in [5.41, 5.74) is 0.873. The van der Waals surface area contributed by atoms with E-state index >= 15 is 0 Å². The van der Waals surface area contributed by atoms with Crippen molar-refractivity contribution in [1.29, 1.82) is 0 Å². The Morgan fingerprint density at radius 1 is 1.00 bits per heavy atom. The second kappa shape index (κ2) is 7.36. The molecule has 3 aromatic rings. The quantitative estimate of drug-likeness (QED) is 0.682. The standard InChI is InChI=1S/C21H23N3O4S/c1-14(25)24-11-10-15-13-18(8-9-19(15)24)29(27,28)23-17-7-5-6-16(12-17)20(26)22-21(2,3)4/h5-13,23H,1-4H3,(H,22,26). The maximum atomic E-state index is 12.8. The number of anilines is 1. The Bertz CT molecular complexity index is 1200. The first-order valence-electron chi connectivity index (χ1n) is 9.04. The first kappa shape index (κ1) is 20.6. The Morgan fingerprint density at radius 3 is 2.38 bits per heavy atom. The van der Waals surface area contributed by atoms with Gasteiger partial charge >= 0.3 is 0 Å². The Hall–Kier alpha value is -3.13. The van der Waals surface area contributed by atoms with Gasteiger partial charge in [-0.05, 0) is 63.2 Å². The summed E-state index contributed by atoms with van der Waals surface area (Å²) in [4.78, 5) is 24.0. The molecule has 0 radical (unpaired) electrons. The fraction of sp³-hybridized carbons (Fsp3) is 0.238. The number of nitrogens with one attached hydrogen (secondary N) is 2. The number of carbonyl (C=O) groups is 2. The van der Waals surface area contributed by atoms with Crippen molar-refractivity contribution in [3.8, 4) is 0 Å². The second-order valence-electron chi connectivity index (χ2n) is 7.82. The molecule has 0 bridgehead atoms. The van der Waals surface area contributed by atoms with Crippen molar-refractivity contribution in [2.24, 2.45) is 0 Å². The average Bonchev–Trinajstić information content (AvgIpc) is 3.03. The lowest BCUT2D eigenvalue weighted by Gasteiger charge is -2.20. The summed E-state index contributed by atoms with van der Waals surface area (Å²) in [6.07, 6.45) is 1.61. The molecule has 1 heterocycles. The normalized spacial score (nSPS) is 12.0. The minimum Gasteiger partial charge on any atom is -0.347 e. The van der Waals surface area contributed by atoms with Gasteiger partial charge in [-0.1, -0.05) is 6.07 Å². The highest BCUT2D eigenvalue weighted by Crippen LogP contribution is 2.23. The summed E-state index contributed by atoms with van der Waals surface area (Å²) in [6, 6.07) is 12.5. The molecule has 8 heteroatoms. The third-order valence-electron chi connectivity index (χ3n) is 4.18. The van der Waals surface area contributed by atoms with E-state index in [1.165, 1.54) is 29.7 Å². The van der Waals surface area contributed by atoms with Crippen LogP contribution in [0.1, 0.15) is 42.8 Å². The topological polar surface area (TPSA) is 97.3 Å². The molecule has 2 aromatic carbocycles. The van der Waals surface area contributed by atoms with Gasteiger partial charge in [-0.2, -0.15) is 0 Å². The number of hydrogen-bond donors (Lipinski definition) is 2. The smallest absolute Gasteiger partial charge is 0.261 e. The molecule has 0 saturated carbocycles. The van der Waals surface area contributed by atoms with E-state index in [1.807, 2.05) is 20.8 Å². The molecular formula is C21H23N3O4S. The van der Waals surface area contributed by atoms with Crippen LogP contribution in [-0.2, 0) is 10.0 Å². The number of amides is 1. The number of hydrogen-bond acceptors (Lipinski definition) is 4. The second-order valence-corrected chi connectivity index (χ2v) is 9.50. The number of aromatic nitrogens is 1. The van der Waals surface area contributed by atoms with E-state index in [-0.39, 0.29) is 22.4 Å². The summed E-state index contributed by atoms with van der Waals surface area (Å²) < 4.78 is 29.6. The van der Waals surface area contributed by atoms with E-state index in [4.69, 9.17) is 0 Å². The lowest BCUT2D eigenvalue weighted by Crippen LogP contribution is -2.40. The van der Waals surface area contributed by atoms with Gasteiger partial charge in [-0.15, -0.1) is 0 Å². The van der Waals surface area contributed by atoms with Crippen LogP contribution in [0.4, 0.5) is 5.69 Å². The van der Waals surface area contributed by atoms with Crippen LogP contribution < -0.4 is 10.0 Å². The van der Waals surface area contributed by atoms with Crippen LogP contribution in [0.15, 0.2) is 59.6 Å². The zero-order chi connectivity index (χ0) is 21.4. The number of rotatable bonds is 4. The number of nitrogens with zero attached hydrogens (tertiary/aromatic N) is 1. The number of sulfonamides is 1. The van der Waals surface area contributed by atoms with Gasteiger partial charge in [-0.3, -0.25) is 18.9 Å². The van der Waals surface area contributed by atoms with Crippen molar-refractivity contribution in [3.63, 3.8) is 0 Å².